The van der Waals surface area contributed by atoms with E-state index < -0.39 is 0 Å². The van der Waals surface area contributed by atoms with Crippen molar-refractivity contribution in [1.82, 2.24) is 20.4 Å². The van der Waals surface area contributed by atoms with Crippen molar-refractivity contribution >= 4 is 23.2 Å². The fraction of sp³-hybridized carbons (Fsp3) is 0.571. The Morgan fingerprint density at radius 3 is 3.00 bits per heavy atom. The van der Waals surface area contributed by atoms with Crippen LogP contribution in [0.15, 0.2) is 17.5 Å². The van der Waals surface area contributed by atoms with Gasteiger partial charge in [-0.1, -0.05) is 6.07 Å². The van der Waals surface area contributed by atoms with Crippen LogP contribution in [0.4, 0.5) is 0 Å². The maximum Gasteiger partial charge on any atom is 0.240 e. The topological polar surface area (TPSA) is 64.7 Å². The molecule has 1 atom stereocenters. The van der Waals surface area contributed by atoms with Crippen LogP contribution < -0.4 is 10.6 Å². The Morgan fingerprint density at radius 1 is 1.52 bits per heavy atom. The van der Waals surface area contributed by atoms with E-state index in [1.165, 1.54) is 0 Å². The predicted molar refractivity (Wildman–Crippen MR) is 83.1 cm³/mol. The number of hydrogen-bond donors (Lipinski definition) is 2. The third-order valence-electron chi connectivity index (χ3n) is 3.47. The van der Waals surface area contributed by atoms with Gasteiger partial charge >= 0.3 is 0 Å². The standard InChI is InChI=1S/C14H22N4O2S/c1-17(2)14(20)12-9-15-5-6-18(12)10-13(19)16-8-11-4-3-7-21-11/h3-4,7,12,15H,5-6,8-10H2,1-2H3,(H,16,19). The number of nitrogens with one attached hydrogen (secondary N) is 2. The van der Waals surface area contributed by atoms with Gasteiger partial charge in [-0.15, -0.1) is 11.3 Å². The van der Waals surface area contributed by atoms with Gasteiger partial charge in [0.05, 0.1) is 13.1 Å². The Kier molecular flexibility index (Phi) is 5.72. The Morgan fingerprint density at radius 2 is 2.33 bits per heavy atom. The lowest BCUT2D eigenvalue weighted by atomic mass is 10.1. The first-order valence-electron chi connectivity index (χ1n) is 7.03. The molecule has 2 N–H and O–H groups in total. The normalized spacial score (nSPS) is 19.2. The van der Waals surface area contributed by atoms with Crippen LogP contribution in [0.25, 0.3) is 0 Å². The predicted octanol–water partition coefficient (Wildman–Crippen LogP) is -0.274. The molecule has 1 saturated heterocycles. The third kappa shape index (κ3) is 4.52. The molecule has 1 aliphatic heterocycles. The van der Waals surface area contributed by atoms with Crippen LogP contribution in [-0.4, -0.2) is 67.9 Å². The third-order valence-corrected chi connectivity index (χ3v) is 4.34. The molecule has 1 aromatic rings. The maximum atomic E-state index is 12.1. The lowest BCUT2D eigenvalue weighted by Crippen LogP contribution is -2.59. The molecule has 1 aromatic heterocycles. The zero-order valence-corrected chi connectivity index (χ0v) is 13.3. The van der Waals surface area contributed by atoms with E-state index in [0.29, 0.717) is 19.6 Å². The van der Waals surface area contributed by atoms with Gasteiger partial charge in [-0.25, -0.2) is 0 Å². The molecule has 2 heterocycles. The van der Waals surface area contributed by atoms with E-state index in [2.05, 4.69) is 10.6 Å². The summed E-state index contributed by atoms with van der Waals surface area (Å²) in [6.07, 6.45) is 0. The average Bonchev–Trinajstić information content (AvgIpc) is 2.98. The van der Waals surface area contributed by atoms with Gasteiger partial charge in [0.1, 0.15) is 6.04 Å². The monoisotopic (exact) mass is 310 g/mol. The molecular weight excluding hydrogens is 288 g/mol. The van der Waals surface area contributed by atoms with Gasteiger partial charge < -0.3 is 15.5 Å². The summed E-state index contributed by atoms with van der Waals surface area (Å²) in [5, 5.41) is 8.10. The molecule has 0 bridgehead atoms. The van der Waals surface area contributed by atoms with Crippen molar-refractivity contribution in [2.24, 2.45) is 0 Å². The number of nitrogens with zero attached hydrogens (tertiary/aromatic N) is 2. The molecule has 116 valence electrons. The molecular formula is C14H22N4O2S. The molecule has 2 amide bonds. The number of carbonyl (C=O) groups excluding carboxylic acids is 2. The Labute approximate surface area is 129 Å². The van der Waals surface area contributed by atoms with E-state index in [4.69, 9.17) is 0 Å². The van der Waals surface area contributed by atoms with Crippen molar-refractivity contribution in [2.45, 2.75) is 12.6 Å². The number of hydrogen-bond acceptors (Lipinski definition) is 5. The second-order valence-corrected chi connectivity index (χ2v) is 6.31. The zero-order chi connectivity index (χ0) is 15.2. The van der Waals surface area contributed by atoms with Crippen molar-refractivity contribution in [1.29, 1.82) is 0 Å². The van der Waals surface area contributed by atoms with E-state index in [-0.39, 0.29) is 24.4 Å². The van der Waals surface area contributed by atoms with Crippen molar-refractivity contribution in [3.63, 3.8) is 0 Å². The first-order valence-corrected chi connectivity index (χ1v) is 7.91. The van der Waals surface area contributed by atoms with Gasteiger partial charge in [0, 0.05) is 38.6 Å². The summed E-state index contributed by atoms with van der Waals surface area (Å²) in [5.74, 6) is -0.00453. The first-order chi connectivity index (χ1) is 10.1. The van der Waals surface area contributed by atoms with E-state index in [1.54, 1.807) is 30.3 Å². The molecule has 21 heavy (non-hydrogen) atoms. The van der Waals surface area contributed by atoms with Crippen LogP contribution in [0.5, 0.6) is 0 Å². The van der Waals surface area contributed by atoms with Crippen LogP contribution in [-0.2, 0) is 16.1 Å². The summed E-state index contributed by atoms with van der Waals surface area (Å²) in [6.45, 7) is 2.91. The SMILES string of the molecule is CN(C)C(=O)C1CNCCN1CC(=O)NCc1cccs1. The van der Waals surface area contributed by atoms with Crippen LogP contribution in [0.1, 0.15) is 4.88 Å². The Balaban J connectivity index is 1.86. The van der Waals surface area contributed by atoms with Crippen LogP contribution >= 0.6 is 11.3 Å². The van der Waals surface area contributed by atoms with Gasteiger partial charge in [-0.2, -0.15) is 0 Å². The molecule has 0 aliphatic carbocycles. The van der Waals surface area contributed by atoms with Crippen LogP contribution in [0.2, 0.25) is 0 Å². The quantitative estimate of drug-likeness (QED) is 0.786. The van der Waals surface area contributed by atoms with Crippen molar-refractivity contribution in [2.75, 3.05) is 40.3 Å². The minimum Gasteiger partial charge on any atom is -0.350 e. The molecule has 0 spiro atoms. The molecule has 7 heteroatoms. The number of thiophene rings is 1. The fourth-order valence-corrected chi connectivity index (χ4v) is 2.96. The summed E-state index contributed by atoms with van der Waals surface area (Å²) >= 11 is 1.62. The molecule has 1 unspecified atom stereocenters. The van der Waals surface area contributed by atoms with Crippen molar-refractivity contribution < 1.29 is 9.59 Å². The zero-order valence-electron chi connectivity index (χ0n) is 12.5. The van der Waals surface area contributed by atoms with Gasteiger partial charge in [0.2, 0.25) is 11.8 Å². The van der Waals surface area contributed by atoms with E-state index in [0.717, 1.165) is 11.4 Å². The summed E-state index contributed by atoms with van der Waals surface area (Å²) in [6, 6.07) is 3.70. The highest BCUT2D eigenvalue weighted by Crippen LogP contribution is 2.08. The summed E-state index contributed by atoms with van der Waals surface area (Å²) in [7, 11) is 3.48. The van der Waals surface area contributed by atoms with E-state index in [1.807, 2.05) is 22.4 Å². The lowest BCUT2D eigenvalue weighted by molar-refractivity contribution is -0.136. The average molecular weight is 310 g/mol. The van der Waals surface area contributed by atoms with Crippen LogP contribution in [0, 0.1) is 0 Å². The van der Waals surface area contributed by atoms with Gasteiger partial charge in [0.25, 0.3) is 0 Å². The molecule has 0 saturated carbocycles. The van der Waals surface area contributed by atoms with Gasteiger partial charge in [-0.3, -0.25) is 14.5 Å². The molecule has 0 radical (unpaired) electrons. The number of carbonyl (C=O) groups is 2. The molecule has 6 nitrogen and oxygen atoms in total. The number of rotatable bonds is 5. The van der Waals surface area contributed by atoms with Crippen LogP contribution in [0.3, 0.4) is 0 Å². The second kappa shape index (κ2) is 7.53. The number of piperazine rings is 1. The summed E-state index contributed by atoms with van der Waals surface area (Å²) in [5.41, 5.74) is 0. The molecule has 0 aromatic carbocycles. The van der Waals surface area contributed by atoms with Gasteiger partial charge in [-0.05, 0) is 11.4 Å². The smallest absolute Gasteiger partial charge is 0.240 e. The lowest BCUT2D eigenvalue weighted by Gasteiger charge is -2.35. The highest BCUT2D eigenvalue weighted by atomic mass is 32.1. The minimum absolute atomic E-state index is 0.0354. The van der Waals surface area contributed by atoms with E-state index >= 15 is 0 Å². The Hall–Kier alpha value is -1.44. The summed E-state index contributed by atoms with van der Waals surface area (Å²) in [4.78, 5) is 28.9. The summed E-state index contributed by atoms with van der Waals surface area (Å²) < 4.78 is 0. The highest BCUT2D eigenvalue weighted by Gasteiger charge is 2.30. The first kappa shape index (κ1) is 15.9. The molecule has 1 fully saturated rings. The van der Waals surface area contributed by atoms with Crippen molar-refractivity contribution in [3.05, 3.63) is 22.4 Å². The molecule has 1 aliphatic rings. The van der Waals surface area contributed by atoms with E-state index in [9.17, 15) is 9.59 Å². The minimum atomic E-state index is -0.263. The maximum absolute atomic E-state index is 12.1. The largest absolute Gasteiger partial charge is 0.350 e. The van der Waals surface area contributed by atoms with Crippen molar-refractivity contribution in [3.8, 4) is 0 Å². The molecule has 2 rings (SSSR count). The Bertz CT molecular complexity index is 475. The number of likely N-dealkylation sites (N-methyl/N-ethyl adjacent to an activating group) is 1. The second-order valence-electron chi connectivity index (χ2n) is 5.28. The highest BCUT2D eigenvalue weighted by molar-refractivity contribution is 7.09. The van der Waals surface area contributed by atoms with Gasteiger partial charge in [0.15, 0.2) is 0 Å². The number of amides is 2. The fourth-order valence-electron chi connectivity index (χ4n) is 2.32.